The fourth-order valence-corrected chi connectivity index (χ4v) is 4.82. The number of carbonyl (C=O) groups excluding carboxylic acids is 1. The van der Waals surface area contributed by atoms with Crippen molar-refractivity contribution >= 4 is 23.2 Å². The molecule has 1 saturated heterocycles. The Hall–Kier alpha value is -4.77. The largest absolute Gasteiger partial charge is 0.465 e. The van der Waals surface area contributed by atoms with Gasteiger partial charge in [-0.3, -0.25) is 0 Å². The number of ether oxygens (including phenoxy) is 1. The molecule has 8 heteroatoms. The first-order chi connectivity index (χ1) is 18.1. The van der Waals surface area contributed by atoms with Gasteiger partial charge in [0.2, 0.25) is 0 Å². The summed E-state index contributed by atoms with van der Waals surface area (Å²) in [6.45, 7) is 5.52. The topological polar surface area (TPSA) is 116 Å². The van der Waals surface area contributed by atoms with E-state index in [-0.39, 0.29) is 13.1 Å². The lowest BCUT2D eigenvalue weighted by atomic mass is 9.82. The smallest absolute Gasteiger partial charge is 0.408 e. The average molecular weight is 510 g/mol. The second kappa shape index (κ2) is 9.27. The van der Waals surface area contributed by atoms with Gasteiger partial charge in [-0.15, -0.1) is 0 Å². The number of nitrogens with one attached hydrogen (secondary N) is 1. The number of likely N-dealkylation sites (tertiary alicyclic amines) is 1. The zero-order valence-corrected chi connectivity index (χ0v) is 21.3. The third-order valence-electron chi connectivity index (χ3n) is 6.53. The third-order valence-corrected chi connectivity index (χ3v) is 6.53. The number of nitriles is 1. The summed E-state index contributed by atoms with van der Waals surface area (Å²) in [6, 6.07) is 25.0. The maximum atomic E-state index is 12.6. The molecule has 0 saturated carbocycles. The molecule has 0 spiro atoms. The maximum absolute atomic E-state index is 12.6. The second-order valence-electron chi connectivity index (χ2n) is 10.4. The molecular weight excluding hydrogens is 482 g/mol. The van der Waals surface area contributed by atoms with E-state index in [1.807, 2.05) is 66.7 Å². The molecule has 0 bridgehead atoms. The fourth-order valence-electron chi connectivity index (χ4n) is 4.82. The number of carbonyl (C=O) groups is 2. The van der Waals surface area contributed by atoms with Gasteiger partial charge in [-0.1, -0.05) is 66.7 Å². The van der Waals surface area contributed by atoms with E-state index >= 15 is 0 Å². The van der Waals surface area contributed by atoms with Crippen LogP contribution in [0.1, 0.15) is 31.9 Å². The molecule has 4 aromatic rings. The SMILES string of the molecule is CC(C)(C)OC(=O)NC1(c2ccc(-c3oc4c(C#N)cccc4c3-c3ccccc3)cc2)CN(C(=O)O)C1. The first-order valence-electron chi connectivity index (χ1n) is 12.2. The number of hydrogen-bond acceptors (Lipinski definition) is 5. The molecule has 1 aliphatic rings. The van der Waals surface area contributed by atoms with Gasteiger partial charge in [0.1, 0.15) is 23.0 Å². The third kappa shape index (κ3) is 4.55. The summed E-state index contributed by atoms with van der Waals surface area (Å²) in [5.74, 6) is 0.621. The molecule has 192 valence electrons. The quantitative estimate of drug-likeness (QED) is 0.331. The molecule has 2 amide bonds. The van der Waals surface area contributed by atoms with Gasteiger partial charge in [-0.2, -0.15) is 5.26 Å². The highest BCUT2D eigenvalue weighted by atomic mass is 16.6. The lowest BCUT2D eigenvalue weighted by Crippen LogP contribution is -2.69. The fraction of sp³-hybridized carbons (Fsp3) is 0.233. The van der Waals surface area contributed by atoms with Crippen LogP contribution in [0.15, 0.2) is 77.2 Å². The summed E-state index contributed by atoms with van der Waals surface area (Å²) in [7, 11) is 0. The van der Waals surface area contributed by atoms with Crippen molar-refractivity contribution in [1.82, 2.24) is 10.2 Å². The molecule has 0 atom stereocenters. The Labute approximate surface area is 220 Å². The van der Waals surface area contributed by atoms with E-state index in [1.165, 1.54) is 4.90 Å². The number of nitrogens with zero attached hydrogens (tertiary/aromatic N) is 2. The number of alkyl carbamates (subject to hydrolysis) is 1. The monoisotopic (exact) mass is 509 g/mol. The molecule has 0 aliphatic carbocycles. The minimum atomic E-state index is -1.05. The highest BCUT2D eigenvalue weighted by Gasteiger charge is 2.48. The van der Waals surface area contributed by atoms with Crippen LogP contribution in [0.5, 0.6) is 0 Å². The number of hydrogen-bond donors (Lipinski definition) is 2. The Balaban J connectivity index is 1.55. The van der Waals surface area contributed by atoms with Crippen LogP contribution >= 0.6 is 0 Å². The van der Waals surface area contributed by atoms with Crippen LogP contribution in [0.4, 0.5) is 9.59 Å². The summed E-state index contributed by atoms with van der Waals surface area (Å²) in [5, 5.41) is 22.8. The number of para-hydroxylation sites is 1. The van der Waals surface area contributed by atoms with E-state index < -0.39 is 23.3 Å². The van der Waals surface area contributed by atoms with Crippen LogP contribution in [0.2, 0.25) is 0 Å². The first-order valence-corrected chi connectivity index (χ1v) is 12.2. The number of furan rings is 1. The van der Waals surface area contributed by atoms with Crippen molar-refractivity contribution in [1.29, 1.82) is 5.26 Å². The minimum Gasteiger partial charge on any atom is -0.465 e. The van der Waals surface area contributed by atoms with E-state index in [2.05, 4.69) is 11.4 Å². The van der Waals surface area contributed by atoms with Crippen LogP contribution in [0.3, 0.4) is 0 Å². The molecule has 2 heterocycles. The van der Waals surface area contributed by atoms with E-state index in [0.717, 1.165) is 27.6 Å². The Morgan fingerprint density at radius 2 is 1.68 bits per heavy atom. The van der Waals surface area contributed by atoms with Gasteiger partial charge in [-0.05, 0) is 38.0 Å². The highest BCUT2D eigenvalue weighted by Crippen LogP contribution is 2.42. The lowest BCUT2D eigenvalue weighted by molar-refractivity contribution is 0.0129. The minimum absolute atomic E-state index is 0.104. The van der Waals surface area contributed by atoms with Gasteiger partial charge in [0.25, 0.3) is 0 Å². The molecule has 1 aromatic heterocycles. The summed E-state index contributed by atoms with van der Waals surface area (Å²) < 4.78 is 11.7. The van der Waals surface area contributed by atoms with E-state index in [4.69, 9.17) is 9.15 Å². The number of fused-ring (bicyclic) bond motifs is 1. The standard InChI is InChI=1S/C30H27N3O5/c1-29(2,3)38-27(34)32-30(17-33(18-30)28(35)36)22-14-12-20(13-15-22)26-24(19-8-5-4-6-9-19)23-11-7-10-21(16-31)25(23)37-26/h4-15H,17-18H2,1-3H3,(H,32,34)(H,35,36). The van der Waals surface area contributed by atoms with Gasteiger partial charge >= 0.3 is 12.2 Å². The van der Waals surface area contributed by atoms with Crippen molar-refractivity contribution in [2.24, 2.45) is 0 Å². The van der Waals surface area contributed by atoms with Crippen molar-refractivity contribution in [2.75, 3.05) is 13.1 Å². The van der Waals surface area contributed by atoms with Crippen LogP contribution in [0.25, 0.3) is 33.4 Å². The molecular formula is C30H27N3O5. The number of carboxylic acid groups (broad SMARTS) is 1. The van der Waals surface area contributed by atoms with Crippen LogP contribution < -0.4 is 5.32 Å². The van der Waals surface area contributed by atoms with Crippen molar-refractivity contribution in [3.8, 4) is 28.5 Å². The molecule has 8 nitrogen and oxygen atoms in total. The van der Waals surface area contributed by atoms with Gasteiger partial charge in [-0.25, -0.2) is 9.59 Å². The van der Waals surface area contributed by atoms with Crippen molar-refractivity contribution in [3.63, 3.8) is 0 Å². The van der Waals surface area contributed by atoms with E-state index in [1.54, 1.807) is 26.8 Å². The maximum Gasteiger partial charge on any atom is 0.408 e. The van der Waals surface area contributed by atoms with Gasteiger partial charge in [0.15, 0.2) is 5.58 Å². The summed E-state index contributed by atoms with van der Waals surface area (Å²) in [4.78, 5) is 25.4. The van der Waals surface area contributed by atoms with Gasteiger partial charge in [0.05, 0.1) is 18.7 Å². The normalized spacial score (nSPS) is 14.4. The van der Waals surface area contributed by atoms with Crippen LogP contribution in [-0.2, 0) is 10.3 Å². The van der Waals surface area contributed by atoms with E-state index in [9.17, 15) is 20.0 Å². The predicted molar refractivity (Wildman–Crippen MR) is 142 cm³/mol. The highest BCUT2D eigenvalue weighted by molar-refractivity contribution is 6.03. The molecule has 1 aliphatic heterocycles. The lowest BCUT2D eigenvalue weighted by Gasteiger charge is -2.49. The average Bonchev–Trinajstić information content (AvgIpc) is 3.25. The zero-order chi connectivity index (χ0) is 27.1. The van der Waals surface area contributed by atoms with Gasteiger partial charge < -0.3 is 24.5 Å². The Morgan fingerprint density at radius 1 is 1.00 bits per heavy atom. The number of benzene rings is 3. The van der Waals surface area contributed by atoms with Crippen molar-refractivity contribution in [3.05, 3.63) is 83.9 Å². The number of amides is 2. The molecule has 2 N–H and O–H groups in total. The molecule has 3 aromatic carbocycles. The Kier molecular flexibility index (Phi) is 6.08. The number of rotatable bonds is 4. The predicted octanol–water partition coefficient (Wildman–Crippen LogP) is 6.35. The molecule has 0 radical (unpaired) electrons. The summed E-state index contributed by atoms with van der Waals surface area (Å²) in [5.41, 5.74) is 2.74. The first kappa shape index (κ1) is 24.9. The summed E-state index contributed by atoms with van der Waals surface area (Å²) in [6.07, 6.45) is -1.66. The Bertz CT molecular complexity index is 1550. The molecule has 38 heavy (non-hydrogen) atoms. The Morgan fingerprint density at radius 3 is 2.29 bits per heavy atom. The van der Waals surface area contributed by atoms with Crippen LogP contribution in [-0.4, -0.2) is 40.9 Å². The zero-order valence-electron chi connectivity index (χ0n) is 21.3. The van der Waals surface area contributed by atoms with Crippen molar-refractivity contribution in [2.45, 2.75) is 31.9 Å². The molecule has 5 rings (SSSR count). The van der Waals surface area contributed by atoms with Crippen LogP contribution in [0, 0.1) is 11.3 Å². The van der Waals surface area contributed by atoms with Crippen molar-refractivity contribution < 1.29 is 23.8 Å². The molecule has 1 fully saturated rings. The van der Waals surface area contributed by atoms with E-state index in [0.29, 0.717) is 16.9 Å². The summed E-state index contributed by atoms with van der Waals surface area (Å²) >= 11 is 0. The second-order valence-corrected chi connectivity index (χ2v) is 10.4. The molecule has 0 unspecified atom stereocenters. The van der Waals surface area contributed by atoms with Gasteiger partial charge in [0, 0.05) is 16.5 Å².